The molecular formula is C26H19BrCl2N2O4. The fourth-order valence-electron chi connectivity index (χ4n) is 3.58. The van der Waals surface area contributed by atoms with E-state index in [9.17, 15) is 14.4 Å². The van der Waals surface area contributed by atoms with E-state index in [0.717, 1.165) is 26.1 Å². The molecule has 1 aliphatic rings. The van der Waals surface area contributed by atoms with Crippen LogP contribution in [0.3, 0.4) is 0 Å². The van der Waals surface area contributed by atoms with Crippen LogP contribution in [0.2, 0.25) is 10.0 Å². The molecule has 178 valence electrons. The number of carbonyl (C=O) groups is 3. The lowest BCUT2D eigenvalue weighted by molar-refractivity contribution is -0.122. The van der Waals surface area contributed by atoms with Gasteiger partial charge in [-0.15, -0.1) is 0 Å². The van der Waals surface area contributed by atoms with E-state index in [1.807, 2.05) is 38.1 Å². The first-order chi connectivity index (χ1) is 16.6. The van der Waals surface area contributed by atoms with Crippen LogP contribution in [-0.4, -0.2) is 17.8 Å². The Morgan fingerprint density at radius 1 is 1.00 bits per heavy atom. The molecule has 1 heterocycles. The molecule has 0 radical (unpaired) electrons. The van der Waals surface area contributed by atoms with Crippen molar-refractivity contribution in [2.45, 2.75) is 20.5 Å². The number of rotatable bonds is 5. The van der Waals surface area contributed by atoms with Gasteiger partial charge in [0.05, 0.1) is 15.7 Å². The van der Waals surface area contributed by atoms with Gasteiger partial charge in [0, 0.05) is 4.47 Å². The number of imide groups is 2. The molecule has 0 bridgehead atoms. The van der Waals surface area contributed by atoms with Gasteiger partial charge in [0.1, 0.15) is 12.2 Å². The summed E-state index contributed by atoms with van der Waals surface area (Å²) in [6.45, 7) is 4.08. The van der Waals surface area contributed by atoms with Gasteiger partial charge in [-0.05, 0) is 66.9 Å². The van der Waals surface area contributed by atoms with Gasteiger partial charge in [-0.3, -0.25) is 14.9 Å². The number of nitrogens with zero attached hydrogens (tertiary/aromatic N) is 1. The largest absolute Gasteiger partial charge is 0.486 e. The summed E-state index contributed by atoms with van der Waals surface area (Å²) in [5, 5.41) is 2.64. The number of anilines is 1. The molecule has 0 atom stereocenters. The van der Waals surface area contributed by atoms with Crippen LogP contribution in [0.5, 0.6) is 5.75 Å². The van der Waals surface area contributed by atoms with E-state index < -0.39 is 17.8 Å². The lowest BCUT2D eigenvalue weighted by Crippen LogP contribution is -2.54. The Kier molecular flexibility index (Phi) is 7.31. The molecule has 3 aromatic rings. The lowest BCUT2D eigenvalue weighted by atomic mass is 10.1. The van der Waals surface area contributed by atoms with Crippen molar-refractivity contribution in [3.8, 4) is 5.75 Å². The zero-order valence-electron chi connectivity index (χ0n) is 18.7. The normalized spacial score (nSPS) is 14.9. The van der Waals surface area contributed by atoms with Crippen LogP contribution in [0, 0.1) is 13.8 Å². The van der Waals surface area contributed by atoms with Crippen LogP contribution in [-0.2, 0) is 16.2 Å². The second-order valence-electron chi connectivity index (χ2n) is 7.98. The molecule has 1 fully saturated rings. The molecule has 9 heteroatoms. The van der Waals surface area contributed by atoms with E-state index in [4.69, 9.17) is 27.9 Å². The average molecular weight is 574 g/mol. The molecule has 0 aromatic heterocycles. The van der Waals surface area contributed by atoms with Gasteiger partial charge in [0.2, 0.25) is 0 Å². The molecule has 0 unspecified atom stereocenters. The van der Waals surface area contributed by atoms with Crippen LogP contribution in [0.1, 0.15) is 22.3 Å². The molecule has 4 rings (SSSR count). The summed E-state index contributed by atoms with van der Waals surface area (Å²) in [5.41, 5.74) is 3.40. The number of benzene rings is 3. The maximum Gasteiger partial charge on any atom is 0.335 e. The Bertz CT molecular complexity index is 1380. The van der Waals surface area contributed by atoms with Crippen molar-refractivity contribution in [1.29, 1.82) is 0 Å². The monoisotopic (exact) mass is 572 g/mol. The zero-order valence-corrected chi connectivity index (χ0v) is 21.8. The third kappa shape index (κ3) is 5.42. The van der Waals surface area contributed by atoms with Crippen molar-refractivity contribution in [3.63, 3.8) is 0 Å². The molecule has 3 aromatic carbocycles. The first kappa shape index (κ1) is 25.0. The molecule has 6 nitrogen and oxygen atoms in total. The quantitative estimate of drug-likeness (QED) is 0.275. The Labute approximate surface area is 220 Å². The topological polar surface area (TPSA) is 75.7 Å². The van der Waals surface area contributed by atoms with Crippen LogP contribution in [0.15, 0.2) is 64.6 Å². The Balaban J connectivity index is 1.62. The number of barbiturate groups is 1. The Morgan fingerprint density at radius 3 is 2.37 bits per heavy atom. The summed E-state index contributed by atoms with van der Waals surface area (Å²) >= 11 is 16.2. The number of hydrogen-bond acceptors (Lipinski definition) is 4. The number of halogens is 3. The summed E-state index contributed by atoms with van der Waals surface area (Å²) in [4.78, 5) is 39.0. The summed E-state index contributed by atoms with van der Waals surface area (Å²) in [7, 11) is 0. The third-order valence-corrected chi connectivity index (χ3v) is 6.75. The lowest BCUT2D eigenvalue weighted by Gasteiger charge is -2.26. The van der Waals surface area contributed by atoms with Gasteiger partial charge in [-0.25, -0.2) is 9.69 Å². The molecular weight excluding hydrogens is 555 g/mol. The highest BCUT2D eigenvalue weighted by Crippen LogP contribution is 2.36. The molecule has 0 aliphatic carbocycles. The van der Waals surface area contributed by atoms with E-state index in [1.165, 1.54) is 18.2 Å². The van der Waals surface area contributed by atoms with E-state index >= 15 is 0 Å². The highest BCUT2D eigenvalue weighted by atomic mass is 79.9. The minimum Gasteiger partial charge on any atom is -0.486 e. The fourth-order valence-corrected chi connectivity index (χ4v) is 4.44. The first-order valence-corrected chi connectivity index (χ1v) is 12.0. The van der Waals surface area contributed by atoms with Gasteiger partial charge in [-0.2, -0.15) is 0 Å². The minimum atomic E-state index is -0.824. The third-order valence-electron chi connectivity index (χ3n) is 5.30. The number of nitrogens with one attached hydrogen (secondary N) is 1. The van der Waals surface area contributed by atoms with Crippen LogP contribution in [0.4, 0.5) is 10.5 Å². The smallest absolute Gasteiger partial charge is 0.335 e. The van der Waals surface area contributed by atoms with Crippen LogP contribution >= 0.6 is 39.1 Å². The van der Waals surface area contributed by atoms with Crippen LogP contribution < -0.4 is 15.0 Å². The van der Waals surface area contributed by atoms with Crippen molar-refractivity contribution in [3.05, 3.63) is 96.9 Å². The van der Waals surface area contributed by atoms with Gasteiger partial charge < -0.3 is 4.74 Å². The highest BCUT2D eigenvalue weighted by molar-refractivity contribution is 9.10. The summed E-state index contributed by atoms with van der Waals surface area (Å²) in [5.74, 6) is -1.27. The van der Waals surface area contributed by atoms with E-state index in [0.29, 0.717) is 17.0 Å². The summed E-state index contributed by atoms with van der Waals surface area (Å²) in [6.07, 6.45) is 1.34. The molecule has 1 saturated heterocycles. The molecule has 0 saturated carbocycles. The Hall–Kier alpha value is -3.13. The number of ether oxygens (including phenoxy) is 1. The van der Waals surface area contributed by atoms with Crippen molar-refractivity contribution in [2.24, 2.45) is 0 Å². The van der Waals surface area contributed by atoms with Crippen molar-refractivity contribution in [2.75, 3.05) is 4.90 Å². The number of carbonyl (C=O) groups excluding carboxylic acids is 3. The van der Waals surface area contributed by atoms with Crippen molar-refractivity contribution >= 4 is 68.7 Å². The predicted octanol–water partition coefficient (Wildman–Crippen LogP) is 6.62. The van der Waals surface area contributed by atoms with E-state index in [-0.39, 0.29) is 22.2 Å². The fraction of sp³-hybridized carbons (Fsp3) is 0.115. The second-order valence-corrected chi connectivity index (χ2v) is 9.65. The standard InChI is InChI=1S/C26H19BrCl2N2O4/c1-14-4-3-5-16(8-14)13-35-23-21(28)11-17(12-22(23)29)10-19-24(32)30-26(34)31(25(19)33)18-6-7-20(27)15(2)9-18/h3-12H,13H2,1-2H3,(H,30,32,34)/b19-10+. The predicted molar refractivity (Wildman–Crippen MR) is 140 cm³/mol. The number of aryl methyl sites for hydroxylation is 2. The van der Waals surface area contributed by atoms with E-state index in [2.05, 4.69) is 21.2 Å². The van der Waals surface area contributed by atoms with Gasteiger partial charge >= 0.3 is 6.03 Å². The molecule has 4 amide bonds. The maximum atomic E-state index is 13.1. The minimum absolute atomic E-state index is 0.220. The summed E-state index contributed by atoms with van der Waals surface area (Å²) < 4.78 is 6.64. The maximum absolute atomic E-state index is 13.1. The molecule has 1 aliphatic heterocycles. The number of hydrogen-bond donors (Lipinski definition) is 1. The highest BCUT2D eigenvalue weighted by Gasteiger charge is 2.37. The van der Waals surface area contributed by atoms with Gasteiger partial charge in [0.15, 0.2) is 5.75 Å². The van der Waals surface area contributed by atoms with Gasteiger partial charge in [0.25, 0.3) is 11.8 Å². The first-order valence-electron chi connectivity index (χ1n) is 10.5. The second kappa shape index (κ2) is 10.2. The SMILES string of the molecule is Cc1cccc(COc2c(Cl)cc(/C=C3\C(=O)NC(=O)N(c4ccc(Br)c(C)c4)C3=O)cc2Cl)c1. The Morgan fingerprint density at radius 2 is 1.71 bits per heavy atom. The molecule has 1 N–H and O–H groups in total. The van der Waals surface area contributed by atoms with E-state index in [1.54, 1.807) is 18.2 Å². The summed E-state index contributed by atoms with van der Waals surface area (Å²) in [6, 6.07) is 15.1. The van der Waals surface area contributed by atoms with Gasteiger partial charge in [-0.1, -0.05) is 69.0 Å². The number of amides is 4. The van der Waals surface area contributed by atoms with Crippen LogP contribution in [0.25, 0.3) is 6.08 Å². The average Bonchev–Trinajstić information content (AvgIpc) is 2.78. The number of urea groups is 1. The van der Waals surface area contributed by atoms with Crippen molar-refractivity contribution in [1.82, 2.24) is 5.32 Å². The molecule has 0 spiro atoms. The molecule has 35 heavy (non-hydrogen) atoms. The van der Waals surface area contributed by atoms with Crippen molar-refractivity contribution < 1.29 is 19.1 Å². The zero-order chi connectivity index (χ0) is 25.3.